The maximum Gasteiger partial charge on any atom is 0.418 e. The van der Waals surface area contributed by atoms with Crippen molar-refractivity contribution in [3.63, 3.8) is 0 Å². The average molecular weight is 311 g/mol. The van der Waals surface area contributed by atoms with Gasteiger partial charge in [-0.1, -0.05) is 48.5 Å². The Morgan fingerprint density at radius 2 is 1.09 bits per heavy atom. The van der Waals surface area contributed by atoms with Crippen LogP contribution in [0.5, 0.6) is 0 Å². The molecule has 0 spiro atoms. The minimum Gasteiger partial charge on any atom is -0.309 e. The van der Waals surface area contributed by atoms with E-state index in [2.05, 4.69) is 0 Å². The molecule has 1 nitrogen and oxygen atoms in total. The van der Waals surface area contributed by atoms with Gasteiger partial charge in [-0.05, 0) is 24.3 Å². The zero-order valence-electron chi connectivity index (χ0n) is 12.0. The Labute approximate surface area is 130 Å². The molecule has 0 unspecified atom stereocenters. The van der Waals surface area contributed by atoms with Crippen LogP contribution in [0.4, 0.5) is 13.2 Å². The van der Waals surface area contributed by atoms with Crippen LogP contribution >= 0.6 is 0 Å². The molecule has 0 bridgehead atoms. The molecule has 1 heterocycles. The van der Waals surface area contributed by atoms with Gasteiger partial charge in [-0.2, -0.15) is 13.2 Å². The van der Waals surface area contributed by atoms with Crippen LogP contribution in [0.2, 0.25) is 0 Å². The molecule has 0 fully saturated rings. The van der Waals surface area contributed by atoms with Gasteiger partial charge in [0.25, 0.3) is 0 Å². The van der Waals surface area contributed by atoms with Crippen LogP contribution in [0, 0.1) is 0 Å². The fraction of sp³-hybridized carbons (Fsp3) is 0.0526. The lowest BCUT2D eigenvalue weighted by atomic mass is 10.1. The Kier molecular flexibility index (Phi) is 2.94. The molecule has 114 valence electrons. The number of benzene rings is 3. The van der Waals surface area contributed by atoms with Gasteiger partial charge in [0.2, 0.25) is 0 Å². The van der Waals surface area contributed by atoms with Crippen molar-refractivity contribution in [3.05, 3.63) is 78.4 Å². The smallest absolute Gasteiger partial charge is 0.309 e. The lowest BCUT2D eigenvalue weighted by Gasteiger charge is -2.15. The molecular weight excluding hydrogens is 299 g/mol. The molecule has 0 amide bonds. The van der Waals surface area contributed by atoms with Gasteiger partial charge in [-0.15, -0.1) is 0 Å². The van der Waals surface area contributed by atoms with Crippen LogP contribution in [-0.4, -0.2) is 4.57 Å². The van der Waals surface area contributed by atoms with Crippen molar-refractivity contribution in [2.45, 2.75) is 6.18 Å². The Morgan fingerprint density at radius 1 is 0.609 bits per heavy atom. The van der Waals surface area contributed by atoms with Crippen LogP contribution in [-0.2, 0) is 6.18 Å². The third-order valence-corrected chi connectivity index (χ3v) is 4.03. The van der Waals surface area contributed by atoms with Crippen LogP contribution in [0.25, 0.3) is 27.5 Å². The number of nitrogens with zero attached hydrogens (tertiary/aromatic N) is 1. The molecule has 0 N–H and O–H groups in total. The van der Waals surface area contributed by atoms with Crippen molar-refractivity contribution in [3.8, 4) is 5.69 Å². The summed E-state index contributed by atoms with van der Waals surface area (Å²) < 4.78 is 42.0. The molecule has 0 aliphatic rings. The Balaban J connectivity index is 2.18. The lowest BCUT2D eigenvalue weighted by Crippen LogP contribution is -2.10. The molecular formula is C19H12F3N. The highest BCUT2D eigenvalue weighted by molar-refractivity contribution is 6.09. The lowest BCUT2D eigenvalue weighted by molar-refractivity contribution is -0.137. The van der Waals surface area contributed by atoms with Crippen molar-refractivity contribution in [2.24, 2.45) is 0 Å². The van der Waals surface area contributed by atoms with Crippen LogP contribution in [0.1, 0.15) is 5.56 Å². The Bertz CT molecular complexity index is 959. The second kappa shape index (κ2) is 4.88. The Hall–Kier alpha value is -2.75. The fourth-order valence-electron chi connectivity index (χ4n) is 3.09. The molecule has 4 rings (SSSR count). The SMILES string of the molecule is FC(F)(F)c1ccccc1-n1c2ccccc2c2ccccc21. The summed E-state index contributed by atoms with van der Waals surface area (Å²) in [7, 11) is 0. The van der Waals surface area contributed by atoms with E-state index >= 15 is 0 Å². The van der Waals surface area contributed by atoms with Gasteiger partial charge in [0.05, 0.1) is 22.3 Å². The van der Waals surface area contributed by atoms with Crippen LogP contribution in [0.3, 0.4) is 0 Å². The van der Waals surface area contributed by atoms with Gasteiger partial charge < -0.3 is 4.57 Å². The highest BCUT2D eigenvalue weighted by Crippen LogP contribution is 2.38. The predicted molar refractivity (Wildman–Crippen MR) is 85.8 cm³/mol. The summed E-state index contributed by atoms with van der Waals surface area (Å²) in [6.07, 6.45) is -4.40. The van der Waals surface area contributed by atoms with Crippen molar-refractivity contribution in [1.29, 1.82) is 0 Å². The maximum absolute atomic E-state index is 13.4. The van der Waals surface area contributed by atoms with Gasteiger partial charge in [0.15, 0.2) is 0 Å². The van der Waals surface area contributed by atoms with E-state index in [1.807, 2.05) is 48.5 Å². The first-order valence-corrected chi connectivity index (χ1v) is 7.22. The number of alkyl halides is 3. The van der Waals surface area contributed by atoms with E-state index in [1.165, 1.54) is 12.1 Å². The third kappa shape index (κ3) is 2.10. The van der Waals surface area contributed by atoms with Crippen molar-refractivity contribution >= 4 is 21.8 Å². The number of rotatable bonds is 1. The minimum absolute atomic E-state index is 0.150. The third-order valence-electron chi connectivity index (χ3n) is 4.03. The first-order chi connectivity index (χ1) is 11.1. The van der Waals surface area contributed by atoms with Crippen LogP contribution in [0.15, 0.2) is 72.8 Å². The van der Waals surface area contributed by atoms with E-state index < -0.39 is 11.7 Å². The molecule has 0 aliphatic carbocycles. The Morgan fingerprint density at radius 3 is 1.65 bits per heavy atom. The standard InChI is InChI=1S/C19H12F3N/c20-19(21,22)15-9-3-6-12-18(15)23-16-10-4-1-7-13(16)14-8-2-5-11-17(14)23/h1-12H. The number of para-hydroxylation sites is 3. The highest BCUT2D eigenvalue weighted by atomic mass is 19.4. The maximum atomic E-state index is 13.4. The topological polar surface area (TPSA) is 4.93 Å². The van der Waals surface area contributed by atoms with E-state index in [-0.39, 0.29) is 5.69 Å². The van der Waals surface area contributed by atoms with Gasteiger partial charge >= 0.3 is 6.18 Å². The molecule has 0 saturated heterocycles. The molecule has 0 atom stereocenters. The molecule has 4 heteroatoms. The summed E-state index contributed by atoms with van der Waals surface area (Å²) in [4.78, 5) is 0. The molecule has 23 heavy (non-hydrogen) atoms. The quantitative estimate of drug-likeness (QED) is 0.418. The molecule has 1 aromatic heterocycles. The summed E-state index contributed by atoms with van der Waals surface area (Å²) >= 11 is 0. The average Bonchev–Trinajstić information content (AvgIpc) is 2.88. The molecule has 0 radical (unpaired) electrons. The highest BCUT2D eigenvalue weighted by Gasteiger charge is 2.34. The normalized spacial score (nSPS) is 12.1. The zero-order valence-corrected chi connectivity index (χ0v) is 12.0. The number of hydrogen-bond donors (Lipinski definition) is 0. The molecule has 3 aromatic carbocycles. The zero-order chi connectivity index (χ0) is 16.0. The number of hydrogen-bond acceptors (Lipinski definition) is 0. The van der Waals surface area contributed by atoms with E-state index in [9.17, 15) is 13.2 Å². The molecule has 0 aliphatic heterocycles. The van der Waals surface area contributed by atoms with Crippen molar-refractivity contribution in [2.75, 3.05) is 0 Å². The summed E-state index contributed by atoms with van der Waals surface area (Å²) in [6.45, 7) is 0. The van der Waals surface area contributed by atoms with Crippen molar-refractivity contribution < 1.29 is 13.2 Å². The second-order valence-electron chi connectivity index (χ2n) is 5.38. The monoisotopic (exact) mass is 311 g/mol. The number of halogens is 3. The summed E-state index contributed by atoms with van der Waals surface area (Å²) in [5.41, 5.74) is 1.06. The van der Waals surface area contributed by atoms with E-state index in [4.69, 9.17) is 0 Å². The molecule has 4 aromatic rings. The predicted octanol–water partition coefficient (Wildman–Crippen LogP) is 5.80. The number of fused-ring (bicyclic) bond motifs is 3. The minimum atomic E-state index is -4.40. The molecule has 0 saturated carbocycles. The first kappa shape index (κ1) is 13.9. The van der Waals surface area contributed by atoms with Crippen molar-refractivity contribution in [1.82, 2.24) is 4.57 Å². The summed E-state index contributed by atoms with van der Waals surface area (Å²) in [5, 5.41) is 1.89. The summed E-state index contributed by atoms with van der Waals surface area (Å²) in [6, 6.07) is 20.7. The second-order valence-corrected chi connectivity index (χ2v) is 5.38. The van der Waals surface area contributed by atoms with E-state index in [1.54, 1.807) is 10.6 Å². The van der Waals surface area contributed by atoms with Gasteiger partial charge in [0.1, 0.15) is 0 Å². The van der Waals surface area contributed by atoms with Gasteiger partial charge in [-0.3, -0.25) is 0 Å². The van der Waals surface area contributed by atoms with E-state index in [0.717, 1.165) is 27.9 Å². The van der Waals surface area contributed by atoms with E-state index in [0.29, 0.717) is 0 Å². The van der Waals surface area contributed by atoms with Gasteiger partial charge in [-0.25, -0.2) is 0 Å². The summed E-state index contributed by atoms with van der Waals surface area (Å²) in [5.74, 6) is 0. The largest absolute Gasteiger partial charge is 0.418 e. The fourth-order valence-corrected chi connectivity index (χ4v) is 3.09. The van der Waals surface area contributed by atoms with Gasteiger partial charge in [0, 0.05) is 10.8 Å². The first-order valence-electron chi connectivity index (χ1n) is 7.22. The number of aromatic nitrogens is 1. The van der Waals surface area contributed by atoms with Crippen LogP contribution < -0.4 is 0 Å².